The van der Waals surface area contributed by atoms with Gasteiger partial charge in [-0.1, -0.05) is 0 Å². The number of rotatable bonds is 1. The molecule has 1 aromatic rings. The van der Waals surface area contributed by atoms with E-state index in [-0.39, 0.29) is 5.75 Å². The first kappa shape index (κ1) is 11.0. The predicted molar refractivity (Wildman–Crippen MR) is 63.1 cm³/mol. The Kier molecular flexibility index (Phi) is 2.55. The van der Waals surface area contributed by atoms with E-state index >= 15 is 0 Å². The molecule has 2 N–H and O–H groups in total. The average Bonchev–Trinajstić information content (AvgIpc) is 2.57. The first-order valence-electron chi connectivity index (χ1n) is 5.17. The Balaban J connectivity index is 2.64. The number of phenolic OH excluding ortho intramolecular Hbond substituents is 1. The highest BCUT2D eigenvalue weighted by Crippen LogP contribution is 2.41. The Hall–Kier alpha value is -0.540. The lowest BCUT2D eigenvalue weighted by atomic mass is 9.94. The molecule has 0 fully saturated rings. The van der Waals surface area contributed by atoms with E-state index in [4.69, 9.17) is 0 Å². The van der Waals surface area contributed by atoms with Gasteiger partial charge >= 0.3 is 0 Å². The van der Waals surface area contributed by atoms with Crippen LogP contribution in [0.25, 0.3) is 0 Å². The second-order valence-electron chi connectivity index (χ2n) is 4.64. The summed E-state index contributed by atoms with van der Waals surface area (Å²) in [5, 5.41) is 19.9. The van der Waals surface area contributed by atoms with Crippen molar-refractivity contribution in [3.63, 3.8) is 0 Å². The molecule has 2 nitrogen and oxygen atoms in total. The van der Waals surface area contributed by atoms with Gasteiger partial charge in [0, 0.05) is 5.56 Å². The molecule has 0 saturated carbocycles. The van der Waals surface area contributed by atoms with E-state index in [1.54, 1.807) is 13.8 Å². The van der Waals surface area contributed by atoms with Gasteiger partial charge in [-0.2, -0.15) is 0 Å². The van der Waals surface area contributed by atoms with E-state index in [1.807, 2.05) is 6.07 Å². The summed E-state index contributed by atoms with van der Waals surface area (Å²) in [6.45, 7) is 3.38. The molecule has 0 aliphatic heterocycles. The molecule has 0 radical (unpaired) electrons. The van der Waals surface area contributed by atoms with Gasteiger partial charge < -0.3 is 10.2 Å². The Bertz CT molecular complexity index is 405. The van der Waals surface area contributed by atoms with Crippen molar-refractivity contribution in [3.8, 4) is 5.75 Å². The quantitative estimate of drug-likeness (QED) is 0.824. The predicted octanol–water partition coefficient (Wildman–Crippen LogP) is 2.87. The van der Waals surface area contributed by atoms with Crippen LogP contribution in [0.3, 0.4) is 0 Å². The van der Waals surface area contributed by atoms with Crippen molar-refractivity contribution in [3.05, 3.63) is 27.2 Å². The van der Waals surface area contributed by atoms with Crippen molar-refractivity contribution in [1.82, 2.24) is 0 Å². The van der Waals surface area contributed by atoms with Crippen molar-refractivity contribution in [1.29, 1.82) is 0 Å². The molecular weight excluding hydrogens is 256 g/mol. The third-order valence-electron chi connectivity index (χ3n) is 2.97. The summed E-state index contributed by atoms with van der Waals surface area (Å²) in [5.41, 5.74) is 2.05. The number of hydrogen-bond acceptors (Lipinski definition) is 2. The first-order valence-corrected chi connectivity index (χ1v) is 5.96. The van der Waals surface area contributed by atoms with Gasteiger partial charge in [0.2, 0.25) is 0 Å². The fourth-order valence-corrected chi connectivity index (χ4v) is 2.81. The van der Waals surface area contributed by atoms with Gasteiger partial charge in [-0.3, -0.25) is 0 Å². The molecule has 1 aromatic carbocycles. The summed E-state index contributed by atoms with van der Waals surface area (Å²) in [5.74, 6) is 0.183. The first-order chi connectivity index (χ1) is 6.91. The molecule has 0 saturated heterocycles. The van der Waals surface area contributed by atoms with Gasteiger partial charge in [-0.25, -0.2) is 0 Å². The van der Waals surface area contributed by atoms with E-state index in [2.05, 4.69) is 15.9 Å². The normalized spacial score (nSPS) is 15.5. The highest BCUT2D eigenvalue weighted by molar-refractivity contribution is 9.10. The molecule has 82 valence electrons. The number of hydrogen-bond donors (Lipinski definition) is 2. The maximum atomic E-state index is 9.99. The van der Waals surface area contributed by atoms with Crippen molar-refractivity contribution in [2.75, 3.05) is 0 Å². The van der Waals surface area contributed by atoms with Gasteiger partial charge in [-0.15, -0.1) is 0 Å². The number of aliphatic hydroxyl groups is 1. The Morgan fingerprint density at radius 2 is 2.00 bits per heavy atom. The molecule has 15 heavy (non-hydrogen) atoms. The maximum absolute atomic E-state index is 9.99. The Morgan fingerprint density at radius 3 is 2.60 bits per heavy atom. The molecule has 0 bridgehead atoms. The molecule has 3 heteroatoms. The van der Waals surface area contributed by atoms with Gasteiger partial charge in [-0.05, 0) is 66.2 Å². The van der Waals surface area contributed by atoms with Crippen LogP contribution in [-0.4, -0.2) is 10.2 Å². The number of fused-ring (bicyclic) bond motifs is 1. The van der Waals surface area contributed by atoms with E-state index in [0.29, 0.717) is 5.56 Å². The average molecular weight is 271 g/mol. The molecule has 1 aliphatic rings. The highest BCUT2D eigenvalue weighted by Gasteiger charge is 2.26. The van der Waals surface area contributed by atoms with Crippen LogP contribution in [0.4, 0.5) is 0 Å². The van der Waals surface area contributed by atoms with Crippen LogP contribution >= 0.6 is 15.9 Å². The fraction of sp³-hybridized carbons (Fsp3) is 0.500. The molecule has 0 aromatic heterocycles. The summed E-state index contributed by atoms with van der Waals surface area (Å²) in [7, 11) is 0. The zero-order valence-corrected chi connectivity index (χ0v) is 10.6. The van der Waals surface area contributed by atoms with Gasteiger partial charge in [0.25, 0.3) is 0 Å². The van der Waals surface area contributed by atoms with E-state index < -0.39 is 5.60 Å². The minimum atomic E-state index is -0.996. The summed E-state index contributed by atoms with van der Waals surface area (Å²) in [6, 6.07) is 1.93. The molecule has 0 atom stereocenters. The van der Waals surface area contributed by atoms with Crippen molar-refractivity contribution >= 4 is 15.9 Å². The fourth-order valence-electron chi connectivity index (χ4n) is 2.15. The van der Waals surface area contributed by atoms with Crippen LogP contribution in [-0.2, 0) is 18.4 Å². The molecular formula is C12H15BrO2. The largest absolute Gasteiger partial charge is 0.506 e. The molecule has 0 spiro atoms. The lowest BCUT2D eigenvalue weighted by Crippen LogP contribution is -2.16. The highest BCUT2D eigenvalue weighted by atomic mass is 79.9. The van der Waals surface area contributed by atoms with Gasteiger partial charge in [0.1, 0.15) is 5.75 Å². The number of aromatic hydroxyl groups is 1. The van der Waals surface area contributed by atoms with Crippen molar-refractivity contribution in [2.24, 2.45) is 0 Å². The van der Waals surface area contributed by atoms with E-state index in [1.165, 1.54) is 11.1 Å². The zero-order chi connectivity index (χ0) is 11.2. The molecule has 0 heterocycles. The summed E-state index contributed by atoms with van der Waals surface area (Å²) in [4.78, 5) is 0. The Labute approximate surface area is 98.1 Å². The van der Waals surface area contributed by atoms with Crippen LogP contribution in [0.1, 0.15) is 37.0 Å². The monoisotopic (exact) mass is 270 g/mol. The molecule has 0 amide bonds. The lowest BCUT2D eigenvalue weighted by molar-refractivity contribution is 0.0756. The minimum absolute atomic E-state index is 0.183. The van der Waals surface area contributed by atoms with Crippen LogP contribution < -0.4 is 0 Å². The Morgan fingerprint density at radius 1 is 1.33 bits per heavy atom. The number of phenols is 1. The van der Waals surface area contributed by atoms with E-state index in [0.717, 1.165) is 23.7 Å². The summed E-state index contributed by atoms with van der Waals surface area (Å²) in [6.07, 6.45) is 3.18. The maximum Gasteiger partial charge on any atom is 0.136 e. The topological polar surface area (TPSA) is 40.5 Å². The second-order valence-corrected chi connectivity index (χ2v) is 5.43. The SMILES string of the molecule is CC(C)(O)c1cc2c(c(Br)c1O)CCC2. The standard InChI is InChI=1S/C12H15BrO2/c1-12(2,15)9-6-7-4-3-5-8(7)10(13)11(9)14/h6,14-15H,3-5H2,1-2H3. The number of benzene rings is 1. The van der Waals surface area contributed by atoms with Crippen molar-refractivity contribution < 1.29 is 10.2 Å². The van der Waals surface area contributed by atoms with Crippen LogP contribution in [0, 0.1) is 0 Å². The minimum Gasteiger partial charge on any atom is -0.506 e. The van der Waals surface area contributed by atoms with Gasteiger partial charge in [0.15, 0.2) is 0 Å². The van der Waals surface area contributed by atoms with Crippen LogP contribution in [0.2, 0.25) is 0 Å². The van der Waals surface area contributed by atoms with Gasteiger partial charge in [0.05, 0.1) is 10.1 Å². The molecule has 2 rings (SSSR count). The summed E-state index contributed by atoms with van der Waals surface area (Å²) < 4.78 is 0.759. The van der Waals surface area contributed by atoms with Crippen LogP contribution in [0.15, 0.2) is 10.5 Å². The number of aryl methyl sites for hydroxylation is 1. The van der Waals surface area contributed by atoms with E-state index in [9.17, 15) is 10.2 Å². The molecule has 1 aliphatic carbocycles. The molecule has 0 unspecified atom stereocenters. The number of halogens is 1. The second kappa shape index (κ2) is 3.49. The third-order valence-corrected chi connectivity index (χ3v) is 3.82. The lowest BCUT2D eigenvalue weighted by Gasteiger charge is -2.21. The zero-order valence-electron chi connectivity index (χ0n) is 8.97. The summed E-state index contributed by atoms with van der Waals surface area (Å²) >= 11 is 3.41. The van der Waals surface area contributed by atoms with Crippen LogP contribution in [0.5, 0.6) is 5.75 Å². The van der Waals surface area contributed by atoms with Crippen molar-refractivity contribution in [2.45, 2.75) is 38.7 Å². The third kappa shape index (κ3) is 1.79. The smallest absolute Gasteiger partial charge is 0.136 e.